The summed E-state index contributed by atoms with van der Waals surface area (Å²) in [6.45, 7) is 1.99. The first kappa shape index (κ1) is 22.6. The Kier molecular flexibility index (Phi) is 5.49. The zero-order valence-electron chi connectivity index (χ0n) is 19.1. The molecule has 1 aromatic heterocycles. The molecule has 5 rings (SSSR count). The van der Waals surface area contributed by atoms with Crippen LogP contribution in [0.2, 0.25) is 0 Å². The van der Waals surface area contributed by atoms with Gasteiger partial charge in [0.15, 0.2) is 0 Å². The summed E-state index contributed by atoms with van der Waals surface area (Å²) in [5.41, 5.74) is 3.27. The number of aromatic nitrogens is 2. The molecule has 2 aromatic carbocycles. The van der Waals surface area contributed by atoms with Gasteiger partial charge in [-0.3, -0.25) is 9.48 Å². The first-order valence-corrected chi connectivity index (χ1v) is 12.7. The molecule has 1 saturated carbocycles. The smallest absolute Gasteiger partial charge is 0.265 e. The van der Waals surface area contributed by atoms with Gasteiger partial charge in [0.05, 0.1) is 17.5 Å². The molecule has 1 aliphatic heterocycles. The van der Waals surface area contributed by atoms with Gasteiger partial charge in [0, 0.05) is 36.0 Å². The van der Waals surface area contributed by atoms with Gasteiger partial charge in [-0.15, -0.1) is 0 Å². The van der Waals surface area contributed by atoms with Gasteiger partial charge in [-0.1, -0.05) is 30.3 Å². The first-order valence-electron chi connectivity index (χ1n) is 11.3. The van der Waals surface area contributed by atoms with Crippen LogP contribution < -0.4 is 9.46 Å². The predicted molar refractivity (Wildman–Crippen MR) is 127 cm³/mol. The summed E-state index contributed by atoms with van der Waals surface area (Å²) in [7, 11) is -1.88. The minimum Gasteiger partial charge on any atom is -0.493 e. The van der Waals surface area contributed by atoms with Gasteiger partial charge in [-0.25, -0.2) is 13.1 Å². The number of rotatable bonds is 6. The molecular formula is C25H27N3O5S. The minimum absolute atomic E-state index is 0.110. The highest BCUT2D eigenvalue weighted by Crippen LogP contribution is 2.43. The number of nitrogens with zero attached hydrogens (tertiary/aromatic N) is 2. The number of carbonyl (C=O) groups excluding carboxylic acids is 1. The molecule has 0 saturated heterocycles. The van der Waals surface area contributed by atoms with Crippen molar-refractivity contribution in [1.82, 2.24) is 14.5 Å². The quantitative estimate of drug-likeness (QED) is 0.560. The summed E-state index contributed by atoms with van der Waals surface area (Å²) in [5, 5.41) is 15.2. The summed E-state index contributed by atoms with van der Waals surface area (Å²) in [5.74, 6) is -0.209. The molecule has 1 amide bonds. The second-order valence-electron chi connectivity index (χ2n) is 9.35. The molecule has 1 fully saturated rings. The van der Waals surface area contributed by atoms with Crippen LogP contribution in [0.25, 0.3) is 11.1 Å². The van der Waals surface area contributed by atoms with Crippen molar-refractivity contribution < 1.29 is 23.1 Å². The maximum Gasteiger partial charge on any atom is 0.265 e. The fraction of sp³-hybridized carbons (Fsp3) is 0.360. The monoisotopic (exact) mass is 481 g/mol. The van der Waals surface area contributed by atoms with E-state index in [1.165, 1.54) is 0 Å². The van der Waals surface area contributed by atoms with Gasteiger partial charge >= 0.3 is 0 Å². The number of aryl methyl sites for hydroxylation is 1. The van der Waals surface area contributed by atoms with E-state index in [2.05, 4.69) is 9.82 Å². The Balaban J connectivity index is 1.40. The lowest BCUT2D eigenvalue weighted by molar-refractivity contribution is 0.0499. The second kappa shape index (κ2) is 8.25. The largest absolute Gasteiger partial charge is 0.493 e. The Morgan fingerprint density at radius 2 is 2.00 bits per heavy atom. The van der Waals surface area contributed by atoms with Crippen LogP contribution in [0.3, 0.4) is 0 Å². The van der Waals surface area contributed by atoms with Crippen molar-refractivity contribution in [2.75, 3.05) is 6.61 Å². The van der Waals surface area contributed by atoms with E-state index in [1.54, 1.807) is 54.2 Å². The van der Waals surface area contributed by atoms with Gasteiger partial charge in [-0.05, 0) is 55.5 Å². The van der Waals surface area contributed by atoms with E-state index in [-0.39, 0.29) is 11.5 Å². The van der Waals surface area contributed by atoms with Crippen molar-refractivity contribution >= 4 is 15.9 Å². The van der Waals surface area contributed by atoms with E-state index in [9.17, 15) is 18.3 Å². The number of aliphatic hydroxyl groups excluding tert-OH is 1. The van der Waals surface area contributed by atoms with Crippen LogP contribution in [0, 0.1) is 5.92 Å². The lowest BCUT2D eigenvalue weighted by Gasteiger charge is -2.30. The average molecular weight is 482 g/mol. The van der Waals surface area contributed by atoms with E-state index >= 15 is 0 Å². The maximum atomic E-state index is 12.9. The predicted octanol–water partition coefficient (Wildman–Crippen LogP) is 2.98. The summed E-state index contributed by atoms with van der Waals surface area (Å²) in [4.78, 5) is 12.9. The van der Waals surface area contributed by atoms with E-state index in [0.717, 1.165) is 5.69 Å². The number of amides is 1. The normalized spacial score (nSPS) is 20.8. The Hall–Kier alpha value is -3.17. The topological polar surface area (TPSA) is 111 Å². The van der Waals surface area contributed by atoms with Gasteiger partial charge in [0.2, 0.25) is 10.0 Å². The molecule has 0 bridgehead atoms. The minimum atomic E-state index is -3.75. The molecule has 34 heavy (non-hydrogen) atoms. The number of fused-ring (bicyclic) bond motifs is 1. The summed E-state index contributed by atoms with van der Waals surface area (Å²) in [6.07, 6.45) is 2.76. The number of hydrogen-bond donors (Lipinski definition) is 2. The molecule has 2 atom stereocenters. The Labute approximate surface area is 198 Å². The highest BCUT2D eigenvalue weighted by Gasteiger charge is 2.51. The molecule has 2 aliphatic rings. The van der Waals surface area contributed by atoms with Crippen molar-refractivity contribution in [1.29, 1.82) is 0 Å². The standard InChI is InChI=1S/C25H27N3O5S/c1-25(10-11-25)34(31,32)27-24(30)20-6-4-3-5-19(20)16-7-8-21-22(14-16)33-15-17(23(21)29)13-18-9-12-26-28(18)2/h3-9,12,14,17,23,29H,10-11,13,15H2,1-2H3,(H,27,30)/t17-,23+/m1/s1. The zero-order chi connectivity index (χ0) is 24.1. The molecule has 0 unspecified atom stereocenters. The van der Waals surface area contributed by atoms with Crippen LogP contribution in [0.15, 0.2) is 54.7 Å². The molecule has 3 aromatic rings. The number of sulfonamides is 1. The van der Waals surface area contributed by atoms with Gasteiger partial charge in [0.1, 0.15) is 5.75 Å². The number of carbonyl (C=O) groups is 1. The van der Waals surface area contributed by atoms with Crippen molar-refractivity contribution in [2.45, 2.75) is 37.0 Å². The van der Waals surface area contributed by atoms with Crippen LogP contribution in [0.4, 0.5) is 0 Å². The number of nitrogens with one attached hydrogen (secondary N) is 1. The fourth-order valence-electron chi connectivity index (χ4n) is 4.33. The molecule has 0 radical (unpaired) electrons. The first-order chi connectivity index (χ1) is 16.2. The number of hydrogen-bond acceptors (Lipinski definition) is 6. The molecule has 8 nitrogen and oxygen atoms in total. The Bertz CT molecular complexity index is 1360. The van der Waals surface area contributed by atoms with Crippen LogP contribution in [-0.2, 0) is 23.5 Å². The van der Waals surface area contributed by atoms with E-state index < -0.39 is 26.8 Å². The summed E-state index contributed by atoms with van der Waals surface area (Å²) < 4.78 is 34.3. The molecule has 2 N–H and O–H groups in total. The number of ether oxygens (including phenoxy) is 1. The van der Waals surface area contributed by atoms with E-state index in [1.807, 2.05) is 19.2 Å². The van der Waals surface area contributed by atoms with Gasteiger partial charge in [-0.2, -0.15) is 5.10 Å². The molecule has 178 valence electrons. The van der Waals surface area contributed by atoms with Crippen molar-refractivity contribution in [3.8, 4) is 16.9 Å². The number of benzene rings is 2. The Morgan fingerprint density at radius 3 is 2.71 bits per heavy atom. The van der Waals surface area contributed by atoms with Crippen molar-refractivity contribution in [3.05, 3.63) is 71.5 Å². The molecule has 0 spiro atoms. The SMILES string of the molecule is Cn1nccc1C[C@@H]1COc2cc(-c3ccccc3C(=O)NS(=O)(=O)C3(C)CC3)ccc2[C@H]1O. The third-order valence-corrected chi connectivity index (χ3v) is 9.10. The lowest BCUT2D eigenvalue weighted by Crippen LogP contribution is -2.38. The van der Waals surface area contributed by atoms with Crippen LogP contribution in [0.5, 0.6) is 5.75 Å². The molecule has 9 heteroatoms. The van der Waals surface area contributed by atoms with Gasteiger partial charge < -0.3 is 9.84 Å². The fourth-order valence-corrected chi connectivity index (χ4v) is 5.57. The highest BCUT2D eigenvalue weighted by atomic mass is 32.2. The van der Waals surface area contributed by atoms with E-state index in [4.69, 9.17) is 4.74 Å². The third-order valence-electron chi connectivity index (χ3n) is 6.94. The highest BCUT2D eigenvalue weighted by molar-refractivity contribution is 7.91. The number of aliphatic hydroxyl groups is 1. The summed E-state index contributed by atoms with van der Waals surface area (Å²) >= 11 is 0. The van der Waals surface area contributed by atoms with Crippen LogP contribution in [-0.4, -0.2) is 40.6 Å². The summed E-state index contributed by atoms with van der Waals surface area (Å²) in [6, 6.07) is 14.2. The molecular weight excluding hydrogens is 454 g/mol. The van der Waals surface area contributed by atoms with Gasteiger partial charge in [0.25, 0.3) is 5.91 Å². The molecule has 2 heterocycles. The average Bonchev–Trinajstić information content (AvgIpc) is 3.46. The van der Waals surface area contributed by atoms with Crippen LogP contribution in [0.1, 0.15) is 47.5 Å². The Morgan fingerprint density at radius 1 is 1.24 bits per heavy atom. The molecule has 1 aliphatic carbocycles. The van der Waals surface area contributed by atoms with Crippen molar-refractivity contribution in [2.24, 2.45) is 13.0 Å². The van der Waals surface area contributed by atoms with E-state index in [0.29, 0.717) is 48.3 Å². The van der Waals surface area contributed by atoms with Crippen molar-refractivity contribution in [3.63, 3.8) is 0 Å². The third kappa shape index (κ3) is 3.99. The maximum absolute atomic E-state index is 12.9. The van der Waals surface area contributed by atoms with Crippen LogP contribution >= 0.6 is 0 Å². The lowest BCUT2D eigenvalue weighted by atomic mass is 9.88. The second-order valence-corrected chi connectivity index (χ2v) is 11.5. The zero-order valence-corrected chi connectivity index (χ0v) is 19.9.